The smallest absolute Gasteiger partial charge is 0.251 e. The van der Waals surface area contributed by atoms with E-state index < -0.39 is 37.1 Å². The van der Waals surface area contributed by atoms with Gasteiger partial charge in [-0.3, -0.25) is 4.79 Å². The minimum Gasteiger partial charge on any atom is -0.394 e. The van der Waals surface area contributed by atoms with Gasteiger partial charge in [0.05, 0.1) is 17.6 Å². The Morgan fingerprint density at radius 3 is 2.50 bits per heavy atom. The number of aliphatic hydroxyl groups excluding tert-OH is 3. The van der Waals surface area contributed by atoms with Crippen molar-refractivity contribution >= 4 is 22.8 Å². The fraction of sp³-hybridized carbons (Fsp3) is 0.278. The summed E-state index contributed by atoms with van der Waals surface area (Å²) in [5.41, 5.74) is 12.5. The second-order valence-corrected chi connectivity index (χ2v) is 6.54. The van der Waals surface area contributed by atoms with Crippen LogP contribution in [0.15, 0.2) is 36.5 Å². The summed E-state index contributed by atoms with van der Waals surface area (Å²) >= 11 is 0. The number of fused-ring (bicyclic) bond motifs is 1. The molecule has 1 fully saturated rings. The summed E-state index contributed by atoms with van der Waals surface area (Å²) in [6.45, 7) is -0.483. The fourth-order valence-electron chi connectivity index (χ4n) is 3.38. The number of hydrogen-bond acceptors (Lipinski definition) is 8. The maximum atomic E-state index is 11.9. The molecule has 1 aliphatic heterocycles. The summed E-state index contributed by atoms with van der Waals surface area (Å²) in [7, 11) is 0. The maximum Gasteiger partial charge on any atom is 0.251 e. The number of carbonyl (C=O) groups is 1. The summed E-state index contributed by atoms with van der Waals surface area (Å²) in [4.78, 5) is 20.7. The molecule has 4 rings (SSSR count). The van der Waals surface area contributed by atoms with Gasteiger partial charge in [0.25, 0.3) is 5.91 Å². The summed E-state index contributed by atoms with van der Waals surface area (Å²) in [5.74, 6) is -0.394. The van der Waals surface area contributed by atoms with Crippen molar-refractivity contribution < 1.29 is 24.9 Å². The van der Waals surface area contributed by atoms with Gasteiger partial charge in [0, 0.05) is 11.8 Å². The number of benzene rings is 1. The van der Waals surface area contributed by atoms with Crippen LogP contribution in [0.4, 0.5) is 5.82 Å². The number of aromatic nitrogens is 3. The number of primary amides is 1. The molecule has 2 aromatic heterocycles. The standard InChI is InChI=1S/C18H19N5O5/c19-14-11-9(15(20)27)6-23(18-13(26)12(25)10(7-24)28-18)17(11)22-16(21-14)8-4-2-1-3-5-8/h1-6,10,12-13,18,24-26H,7H2,(H2,20,27)(H2,19,21,22)/t10?,12-,13-,18-/m1/s1. The minimum absolute atomic E-state index is 0.0446. The molecule has 7 N–H and O–H groups in total. The lowest BCUT2D eigenvalue weighted by molar-refractivity contribution is -0.0508. The normalized spacial score (nSPS) is 24.7. The number of hydrogen-bond donors (Lipinski definition) is 5. The molecule has 0 bridgehead atoms. The lowest BCUT2D eigenvalue weighted by Crippen LogP contribution is -2.33. The van der Waals surface area contributed by atoms with Gasteiger partial charge >= 0.3 is 0 Å². The van der Waals surface area contributed by atoms with Crippen molar-refractivity contribution in [1.29, 1.82) is 0 Å². The highest BCUT2D eigenvalue weighted by molar-refractivity contribution is 6.09. The quantitative estimate of drug-likeness (QED) is 0.396. The molecular formula is C18H19N5O5. The molecule has 3 aromatic rings. The van der Waals surface area contributed by atoms with Crippen LogP contribution in [0.5, 0.6) is 0 Å². The molecular weight excluding hydrogens is 366 g/mol. The fourth-order valence-corrected chi connectivity index (χ4v) is 3.38. The van der Waals surface area contributed by atoms with Crippen molar-refractivity contribution in [3.63, 3.8) is 0 Å². The second-order valence-electron chi connectivity index (χ2n) is 6.54. The number of nitrogens with zero attached hydrogens (tertiary/aromatic N) is 3. The predicted molar refractivity (Wildman–Crippen MR) is 98.9 cm³/mol. The summed E-state index contributed by atoms with van der Waals surface area (Å²) < 4.78 is 6.95. The van der Waals surface area contributed by atoms with Gasteiger partial charge in [0.15, 0.2) is 12.1 Å². The van der Waals surface area contributed by atoms with Crippen molar-refractivity contribution in [1.82, 2.24) is 14.5 Å². The summed E-state index contributed by atoms with van der Waals surface area (Å²) in [6.07, 6.45) is -3.39. The zero-order chi connectivity index (χ0) is 20.0. The first-order valence-electron chi connectivity index (χ1n) is 8.58. The maximum absolute atomic E-state index is 11.9. The van der Waals surface area contributed by atoms with Gasteiger partial charge in [-0.05, 0) is 0 Å². The molecule has 1 saturated heterocycles. The van der Waals surface area contributed by atoms with Crippen molar-refractivity contribution in [3.05, 3.63) is 42.1 Å². The van der Waals surface area contributed by atoms with Gasteiger partial charge in [-0.1, -0.05) is 30.3 Å². The lowest BCUT2D eigenvalue weighted by atomic mass is 10.1. The Bertz CT molecular complexity index is 1040. The third-order valence-corrected chi connectivity index (χ3v) is 4.79. The number of amides is 1. The second kappa shape index (κ2) is 6.84. The van der Waals surface area contributed by atoms with E-state index in [1.807, 2.05) is 18.2 Å². The van der Waals surface area contributed by atoms with E-state index in [0.717, 1.165) is 0 Å². The molecule has 10 nitrogen and oxygen atoms in total. The molecule has 146 valence electrons. The van der Waals surface area contributed by atoms with E-state index in [1.54, 1.807) is 12.1 Å². The molecule has 0 radical (unpaired) electrons. The third-order valence-electron chi connectivity index (χ3n) is 4.79. The van der Waals surface area contributed by atoms with Crippen LogP contribution in [0.25, 0.3) is 22.4 Å². The molecule has 4 atom stereocenters. The first-order valence-corrected chi connectivity index (χ1v) is 8.58. The number of nitrogen functional groups attached to an aromatic ring is 1. The molecule has 10 heteroatoms. The molecule has 1 unspecified atom stereocenters. The van der Waals surface area contributed by atoms with Gasteiger partial charge in [0.1, 0.15) is 29.8 Å². The van der Waals surface area contributed by atoms with Crippen molar-refractivity contribution in [2.75, 3.05) is 12.3 Å². The molecule has 1 aromatic carbocycles. The Morgan fingerprint density at radius 2 is 1.89 bits per heavy atom. The molecule has 28 heavy (non-hydrogen) atoms. The van der Waals surface area contributed by atoms with Crippen LogP contribution in [0, 0.1) is 0 Å². The molecule has 3 heterocycles. The molecule has 0 spiro atoms. The largest absolute Gasteiger partial charge is 0.394 e. The number of aliphatic hydroxyl groups is 3. The van der Waals surface area contributed by atoms with Crippen LogP contribution < -0.4 is 11.5 Å². The van der Waals surface area contributed by atoms with Crippen LogP contribution >= 0.6 is 0 Å². The number of anilines is 1. The van der Waals surface area contributed by atoms with Crippen LogP contribution in [0.1, 0.15) is 16.6 Å². The number of ether oxygens (including phenoxy) is 1. The lowest BCUT2D eigenvalue weighted by Gasteiger charge is -2.17. The highest BCUT2D eigenvalue weighted by atomic mass is 16.6. The van der Waals surface area contributed by atoms with E-state index in [1.165, 1.54) is 10.8 Å². The van der Waals surface area contributed by atoms with E-state index in [2.05, 4.69) is 9.97 Å². The third kappa shape index (κ3) is 2.79. The Labute approximate surface area is 159 Å². The summed E-state index contributed by atoms with van der Waals surface area (Å²) in [5, 5.41) is 30.0. The molecule has 0 aliphatic carbocycles. The van der Waals surface area contributed by atoms with Crippen molar-refractivity contribution in [2.24, 2.45) is 5.73 Å². The Morgan fingerprint density at radius 1 is 1.18 bits per heavy atom. The topological polar surface area (TPSA) is 170 Å². The van der Waals surface area contributed by atoms with Crippen LogP contribution in [0.2, 0.25) is 0 Å². The highest BCUT2D eigenvalue weighted by Crippen LogP contribution is 2.35. The van der Waals surface area contributed by atoms with Gasteiger partial charge < -0.3 is 36.1 Å². The van der Waals surface area contributed by atoms with E-state index in [4.69, 9.17) is 16.2 Å². The van der Waals surface area contributed by atoms with Crippen molar-refractivity contribution in [3.8, 4) is 11.4 Å². The molecule has 1 amide bonds. The van der Waals surface area contributed by atoms with Crippen LogP contribution in [-0.2, 0) is 4.74 Å². The van der Waals surface area contributed by atoms with E-state index in [0.29, 0.717) is 11.4 Å². The Balaban J connectivity index is 1.93. The van der Waals surface area contributed by atoms with Gasteiger partial charge in [-0.15, -0.1) is 0 Å². The first kappa shape index (κ1) is 18.3. The van der Waals surface area contributed by atoms with Gasteiger partial charge in [0.2, 0.25) is 0 Å². The Hall–Kier alpha value is -3.05. The monoisotopic (exact) mass is 385 g/mol. The average Bonchev–Trinajstić information content (AvgIpc) is 3.21. The van der Waals surface area contributed by atoms with Crippen LogP contribution in [-0.4, -0.2) is 60.7 Å². The van der Waals surface area contributed by atoms with E-state index >= 15 is 0 Å². The predicted octanol–water partition coefficient (Wildman–Crippen LogP) is -0.609. The van der Waals surface area contributed by atoms with E-state index in [9.17, 15) is 20.1 Å². The van der Waals surface area contributed by atoms with Gasteiger partial charge in [-0.2, -0.15) is 0 Å². The zero-order valence-corrected chi connectivity index (χ0v) is 14.6. The minimum atomic E-state index is -1.36. The molecule has 0 saturated carbocycles. The van der Waals surface area contributed by atoms with E-state index in [-0.39, 0.29) is 22.4 Å². The Kier molecular flexibility index (Phi) is 4.47. The number of rotatable bonds is 4. The molecule has 1 aliphatic rings. The average molecular weight is 385 g/mol. The highest BCUT2D eigenvalue weighted by Gasteiger charge is 2.44. The zero-order valence-electron chi connectivity index (χ0n) is 14.6. The SMILES string of the molecule is NC(=O)c1cn([C@@H]2OC(CO)[C@@H](O)[C@H]2O)c2nc(-c3ccccc3)nc(N)c12. The summed E-state index contributed by atoms with van der Waals surface area (Å²) in [6, 6.07) is 9.08. The van der Waals surface area contributed by atoms with Crippen LogP contribution in [0.3, 0.4) is 0 Å². The number of carbonyl (C=O) groups excluding carboxylic acids is 1. The number of nitrogens with two attached hydrogens (primary N) is 2. The van der Waals surface area contributed by atoms with Crippen molar-refractivity contribution in [2.45, 2.75) is 24.5 Å². The first-order chi connectivity index (χ1) is 13.4. The van der Waals surface area contributed by atoms with Gasteiger partial charge in [-0.25, -0.2) is 9.97 Å².